The molecule has 1 unspecified atom stereocenters. The lowest BCUT2D eigenvalue weighted by molar-refractivity contribution is -0.120. The van der Waals surface area contributed by atoms with Crippen LogP contribution in [0.1, 0.15) is 6.42 Å². The molecule has 0 radical (unpaired) electrons. The number of allylic oxidation sites excluding steroid dienone is 4. The van der Waals surface area contributed by atoms with Crippen molar-refractivity contribution in [1.29, 1.82) is 0 Å². The van der Waals surface area contributed by atoms with E-state index < -0.39 is 0 Å². The predicted octanol–water partition coefficient (Wildman–Crippen LogP) is 2.13. The largest absolute Gasteiger partial charge is 0.297 e. The first kappa shape index (κ1) is 7.73. The van der Waals surface area contributed by atoms with Gasteiger partial charge in [0, 0.05) is 16.9 Å². The fourth-order valence-corrected chi connectivity index (χ4v) is 1.98. The molecule has 1 heterocycles. The van der Waals surface area contributed by atoms with E-state index in [1.807, 2.05) is 18.2 Å². The van der Waals surface area contributed by atoms with Gasteiger partial charge in [-0.05, 0) is 6.42 Å². The molecule has 0 aromatic carbocycles. The molecule has 0 saturated carbocycles. The minimum absolute atomic E-state index is 0.0231. The lowest BCUT2D eigenvalue weighted by atomic mass is 9.96. The van der Waals surface area contributed by atoms with Crippen molar-refractivity contribution in [3.05, 3.63) is 23.1 Å². The second-order valence-electron chi connectivity index (χ2n) is 2.72. The Morgan fingerprint density at radius 2 is 2.50 bits per heavy atom. The quantitative estimate of drug-likeness (QED) is 0.536. The van der Waals surface area contributed by atoms with E-state index in [2.05, 4.69) is 9.63 Å². The monoisotopic (exact) mass is 180 g/mol. The average Bonchev–Trinajstić information content (AvgIpc) is 2.29. The van der Waals surface area contributed by atoms with Crippen molar-refractivity contribution in [2.24, 2.45) is 15.6 Å². The molecular formula is C8H8N2OS. The maximum Gasteiger partial charge on any atom is 0.164 e. The molecule has 0 bridgehead atoms. The molecule has 2 aliphatic rings. The fourth-order valence-electron chi connectivity index (χ4n) is 1.28. The van der Waals surface area contributed by atoms with E-state index in [-0.39, 0.29) is 18.2 Å². The Morgan fingerprint density at radius 1 is 1.58 bits per heavy atom. The number of fused-ring (bicyclic) bond motifs is 1. The highest BCUT2D eigenvalue weighted by atomic mass is 32.2. The molecule has 0 saturated heterocycles. The summed E-state index contributed by atoms with van der Waals surface area (Å²) in [6.07, 6.45) is 6.73. The van der Waals surface area contributed by atoms with E-state index in [1.54, 1.807) is 0 Å². The molecule has 62 valence electrons. The van der Waals surface area contributed by atoms with Crippen molar-refractivity contribution >= 4 is 17.7 Å². The van der Waals surface area contributed by atoms with E-state index in [9.17, 15) is 4.79 Å². The lowest BCUT2D eigenvalue weighted by Crippen LogP contribution is -2.17. The van der Waals surface area contributed by atoms with Crippen molar-refractivity contribution in [2.45, 2.75) is 6.42 Å². The Hall–Kier alpha value is -0.900. The van der Waals surface area contributed by atoms with Gasteiger partial charge in [0.25, 0.3) is 0 Å². The molecule has 1 aliphatic heterocycles. The molecule has 0 amide bonds. The third-order valence-corrected chi connectivity index (χ3v) is 2.76. The van der Waals surface area contributed by atoms with Gasteiger partial charge in [-0.2, -0.15) is 5.11 Å². The van der Waals surface area contributed by atoms with E-state index >= 15 is 0 Å². The van der Waals surface area contributed by atoms with Crippen LogP contribution in [-0.2, 0) is 4.79 Å². The zero-order valence-corrected chi connectivity index (χ0v) is 7.25. The molecule has 3 nitrogen and oxygen atoms in total. The summed E-state index contributed by atoms with van der Waals surface area (Å²) in [5, 5.41) is 3.75. The molecular weight excluding hydrogens is 172 g/mol. The summed E-state index contributed by atoms with van der Waals surface area (Å²) in [6.45, 7) is 0.239. The van der Waals surface area contributed by atoms with Crippen LogP contribution in [0, 0.1) is 5.92 Å². The van der Waals surface area contributed by atoms with Crippen LogP contribution in [0.4, 0.5) is 0 Å². The van der Waals surface area contributed by atoms with E-state index in [1.165, 1.54) is 11.9 Å². The predicted molar refractivity (Wildman–Crippen MR) is 47.7 cm³/mol. The Bertz CT molecular complexity index is 293. The van der Waals surface area contributed by atoms with Crippen LogP contribution in [0.5, 0.6) is 0 Å². The van der Waals surface area contributed by atoms with Crippen molar-refractivity contribution in [3.63, 3.8) is 0 Å². The highest BCUT2D eigenvalue weighted by Gasteiger charge is 2.25. The van der Waals surface area contributed by atoms with Crippen LogP contribution in [-0.4, -0.2) is 12.3 Å². The van der Waals surface area contributed by atoms with Crippen molar-refractivity contribution in [1.82, 2.24) is 0 Å². The summed E-state index contributed by atoms with van der Waals surface area (Å²) in [5.41, 5.74) is 0. The summed E-state index contributed by atoms with van der Waals surface area (Å²) in [5.74, 6) is 0.203. The minimum Gasteiger partial charge on any atom is -0.297 e. The summed E-state index contributed by atoms with van der Waals surface area (Å²) in [6, 6.07) is 0. The first-order chi connectivity index (χ1) is 5.88. The first-order valence-electron chi connectivity index (χ1n) is 3.81. The number of rotatable bonds is 0. The second kappa shape index (κ2) is 3.23. The minimum atomic E-state index is 0.0231. The number of ketones is 1. The number of carbonyl (C=O) groups excluding carboxylic acids is 1. The maximum absolute atomic E-state index is 11.4. The summed E-state index contributed by atoms with van der Waals surface area (Å²) < 4.78 is 3.82. The van der Waals surface area contributed by atoms with E-state index in [4.69, 9.17) is 0 Å². The van der Waals surface area contributed by atoms with E-state index in [0.29, 0.717) is 0 Å². The maximum atomic E-state index is 11.4. The summed E-state index contributed by atoms with van der Waals surface area (Å²) >= 11 is 1.32. The van der Waals surface area contributed by atoms with Gasteiger partial charge < -0.3 is 0 Å². The van der Waals surface area contributed by atoms with Crippen molar-refractivity contribution in [2.75, 3.05) is 6.54 Å². The van der Waals surface area contributed by atoms with Gasteiger partial charge in [0.15, 0.2) is 5.78 Å². The molecule has 0 fully saturated rings. The normalized spacial score (nSPS) is 27.8. The zero-order chi connectivity index (χ0) is 8.39. The Balaban J connectivity index is 2.29. The molecule has 2 rings (SSSR count). The van der Waals surface area contributed by atoms with Gasteiger partial charge in [0.2, 0.25) is 0 Å². The van der Waals surface area contributed by atoms with Crippen LogP contribution in [0.3, 0.4) is 0 Å². The summed E-state index contributed by atoms with van der Waals surface area (Å²) in [4.78, 5) is 12.4. The molecule has 12 heavy (non-hydrogen) atoms. The Kier molecular flexibility index (Phi) is 2.08. The SMILES string of the molecule is O=C1CN=NSC2=CC=CCC12. The number of nitrogens with zero attached hydrogens (tertiary/aromatic N) is 2. The van der Waals surface area contributed by atoms with Crippen molar-refractivity contribution < 1.29 is 4.79 Å². The lowest BCUT2D eigenvalue weighted by Gasteiger charge is -2.14. The smallest absolute Gasteiger partial charge is 0.164 e. The van der Waals surface area contributed by atoms with Crippen LogP contribution in [0.2, 0.25) is 0 Å². The third-order valence-electron chi connectivity index (χ3n) is 1.93. The van der Waals surface area contributed by atoms with Crippen LogP contribution >= 0.6 is 11.9 Å². The number of Topliss-reactive ketones (excluding diaryl/α,β-unsaturated/α-hetero) is 1. The van der Waals surface area contributed by atoms with Gasteiger partial charge in [-0.15, -0.1) is 4.52 Å². The van der Waals surface area contributed by atoms with Gasteiger partial charge in [-0.1, -0.05) is 18.2 Å². The van der Waals surface area contributed by atoms with Gasteiger partial charge in [0.05, 0.1) is 5.92 Å². The molecule has 0 aromatic rings. The van der Waals surface area contributed by atoms with Gasteiger partial charge in [-0.3, -0.25) is 4.79 Å². The first-order valence-corrected chi connectivity index (χ1v) is 4.58. The average molecular weight is 180 g/mol. The zero-order valence-electron chi connectivity index (χ0n) is 6.43. The fraction of sp³-hybridized carbons (Fsp3) is 0.375. The topological polar surface area (TPSA) is 41.8 Å². The van der Waals surface area contributed by atoms with Crippen LogP contribution < -0.4 is 0 Å². The van der Waals surface area contributed by atoms with E-state index in [0.717, 1.165) is 11.3 Å². The highest BCUT2D eigenvalue weighted by molar-refractivity contribution is 8.01. The van der Waals surface area contributed by atoms with Crippen LogP contribution in [0.15, 0.2) is 32.8 Å². The number of hydrogen-bond donors (Lipinski definition) is 0. The number of carbonyl (C=O) groups is 1. The Labute approximate surface area is 74.8 Å². The third kappa shape index (κ3) is 1.34. The van der Waals surface area contributed by atoms with Gasteiger partial charge >= 0.3 is 0 Å². The molecule has 0 N–H and O–H groups in total. The molecule has 0 spiro atoms. The molecule has 1 aliphatic carbocycles. The second-order valence-corrected chi connectivity index (χ2v) is 3.54. The standard InChI is InChI=1S/C8H8N2OS/c11-7-5-9-10-12-8-4-2-1-3-6(7)8/h1-2,4,6H,3,5H2. The van der Waals surface area contributed by atoms with Crippen LogP contribution in [0.25, 0.3) is 0 Å². The van der Waals surface area contributed by atoms with Crippen molar-refractivity contribution in [3.8, 4) is 0 Å². The molecule has 4 heteroatoms. The number of hydrogen-bond acceptors (Lipinski definition) is 4. The highest BCUT2D eigenvalue weighted by Crippen LogP contribution is 2.33. The molecule has 1 atom stereocenters. The molecule has 0 aromatic heterocycles. The van der Waals surface area contributed by atoms with Gasteiger partial charge in [-0.25, -0.2) is 0 Å². The summed E-state index contributed by atoms with van der Waals surface area (Å²) in [7, 11) is 0. The Morgan fingerprint density at radius 3 is 3.42 bits per heavy atom. The van der Waals surface area contributed by atoms with Gasteiger partial charge in [0.1, 0.15) is 6.54 Å².